The Morgan fingerprint density at radius 3 is 2.50 bits per heavy atom. The van der Waals surface area contributed by atoms with Crippen LogP contribution in [-0.4, -0.2) is 45.1 Å². The number of nitrogens with one attached hydrogen (secondary N) is 1. The molecule has 9 heteroatoms. The summed E-state index contributed by atoms with van der Waals surface area (Å²) in [4.78, 5) is 29.6. The highest BCUT2D eigenvalue weighted by molar-refractivity contribution is 6.02. The van der Waals surface area contributed by atoms with Crippen molar-refractivity contribution in [2.24, 2.45) is 0 Å². The van der Waals surface area contributed by atoms with Crippen LogP contribution in [0.4, 0.5) is 5.69 Å². The summed E-state index contributed by atoms with van der Waals surface area (Å²) >= 11 is 0. The summed E-state index contributed by atoms with van der Waals surface area (Å²) in [6.07, 6.45) is 5.08. The molecule has 0 aliphatic heterocycles. The van der Waals surface area contributed by atoms with Crippen LogP contribution < -0.4 is 15.0 Å². The normalized spacial score (nSPS) is 14.7. The molecule has 196 valence electrons. The van der Waals surface area contributed by atoms with Gasteiger partial charge in [0.05, 0.1) is 18.3 Å². The Kier molecular flexibility index (Phi) is 7.53. The molecule has 2 amide bonds. The van der Waals surface area contributed by atoms with E-state index in [0.29, 0.717) is 28.0 Å². The van der Waals surface area contributed by atoms with Crippen LogP contribution in [0.25, 0.3) is 11.0 Å². The molecule has 1 aliphatic carbocycles. The highest BCUT2D eigenvalue weighted by Crippen LogP contribution is 2.36. The third-order valence-electron chi connectivity index (χ3n) is 6.99. The van der Waals surface area contributed by atoms with Crippen LogP contribution in [0.2, 0.25) is 0 Å². The van der Waals surface area contributed by atoms with Gasteiger partial charge in [-0.25, -0.2) is 4.68 Å². The van der Waals surface area contributed by atoms with Gasteiger partial charge in [0.15, 0.2) is 0 Å². The van der Waals surface area contributed by atoms with Gasteiger partial charge in [-0.1, -0.05) is 60.9 Å². The van der Waals surface area contributed by atoms with Gasteiger partial charge in [-0.3, -0.25) is 14.5 Å². The van der Waals surface area contributed by atoms with E-state index in [1.54, 1.807) is 30.3 Å². The number of hydrogen-bond donors (Lipinski definition) is 2. The minimum absolute atomic E-state index is 0.0461. The Morgan fingerprint density at radius 1 is 1.03 bits per heavy atom. The van der Waals surface area contributed by atoms with Crippen molar-refractivity contribution in [1.29, 1.82) is 0 Å². The maximum atomic E-state index is 14.2. The second-order valence-corrected chi connectivity index (χ2v) is 9.51. The number of amides is 2. The third-order valence-corrected chi connectivity index (χ3v) is 6.99. The molecule has 0 spiro atoms. The van der Waals surface area contributed by atoms with Crippen molar-refractivity contribution < 1.29 is 19.4 Å². The Bertz CT molecular complexity index is 1410. The van der Waals surface area contributed by atoms with Crippen LogP contribution in [-0.2, 0) is 16.1 Å². The molecular weight excluding hydrogens is 482 g/mol. The summed E-state index contributed by atoms with van der Waals surface area (Å²) in [6.45, 7) is -0.135. The van der Waals surface area contributed by atoms with Gasteiger partial charge >= 0.3 is 0 Å². The number of phenols is 1. The van der Waals surface area contributed by atoms with Crippen LogP contribution in [0.1, 0.15) is 43.7 Å². The van der Waals surface area contributed by atoms with E-state index in [1.807, 2.05) is 30.3 Å². The fourth-order valence-corrected chi connectivity index (χ4v) is 5.09. The predicted molar refractivity (Wildman–Crippen MR) is 144 cm³/mol. The number of nitrogens with zero attached hydrogens (tertiary/aromatic N) is 4. The van der Waals surface area contributed by atoms with Gasteiger partial charge in [0.25, 0.3) is 0 Å². The number of rotatable bonds is 8. The Hall–Kier alpha value is -4.40. The maximum Gasteiger partial charge on any atom is 0.249 e. The van der Waals surface area contributed by atoms with Crippen molar-refractivity contribution in [3.63, 3.8) is 0 Å². The van der Waals surface area contributed by atoms with Gasteiger partial charge in [0, 0.05) is 6.04 Å². The standard InChI is InChI=1S/C29H31N5O4/c1-38-26-14-8-7-13-25(26)34(27(36)19-33-24-12-6-5-11-23(24)31-32-33)28(20-15-17-22(35)18-16-20)29(37)30-21-9-3-2-4-10-21/h5-8,11-18,21,28,35H,2-4,9-10,19H2,1H3,(H,30,37)/t28-/m0/s1. The van der Waals surface area contributed by atoms with Crippen molar-refractivity contribution in [3.05, 3.63) is 78.4 Å². The van der Waals surface area contributed by atoms with E-state index in [0.717, 1.165) is 32.1 Å². The number of para-hydroxylation sites is 3. The third kappa shape index (κ3) is 5.32. The zero-order chi connectivity index (χ0) is 26.5. The summed E-state index contributed by atoms with van der Waals surface area (Å²) < 4.78 is 7.15. The molecule has 1 heterocycles. The number of anilines is 1. The molecule has 1 aromatic heterocycles. The van der Waals surface area contributed by atoms with Crippen LogP contribution >= 0.6 is 0 Å². The largest absolute Gasteiger partial charge is 0.508 e. The first-order chi connectivity index (χ1) is 18.5. The number of fused-ring (bicyclic) bond motifs is 1. The Morgan fingerprint density at radius 2 is 1.74 bits per heavy atom. The Labute approximate surface area is 221 Å². The first kappa shape index (κ1) is 25.3. The average molecular weight is 514 g/mol. The summed E-state index contributed by atoms with van der Waals surface area (Å²) in [5, 5.41) is 21.5. The summed E-state index contributed by atoms with van der Waals surface area (Å²) in [5.74, 6) is -0.115. The zero-order valence-electron chi connectivity index (χ0n) is 21.3. The summed E-state index contributed by atoms with van der Waals surface area (Å²) in [6, 6.07) is 20.0. The second-order valence-electron chi connectivity index (χ2n) is 9.51. The first-order valence-corrected chi connectivity index (χ1v) is 12.9. The SMILES string of the molecule is COc1ccccc1N(C(=O)Cn1nnc2ccccc21)[C@H](C(=O)NC1CCCCC1)c1ccc(O)cc1. The van der Waals surface area contributed by atoms with Crippen LogP contribution in [0.5, 0.6) is 11.5 Å². The summed E-state index contributed by atoms with van der Waals surface area (Å²) in [7, 11) is 1.53. The molecule has 1 fully saturated rings. The molecule has 0 radical (unpaired) electrons. The molecule has 9 nitrogen and oxygen atoms in total. The van der Waals surface area contributed by atoms with E-state index in [1.165, 1.54) is 28.8 Å². The fourth-order valence-electron chi connectivity index (χ4n) is 5.09. The van der Waals surface area contributed by atoms with E-state index in [4.69, 9.17) is 4.74 Å². The number of hydrogen-bond acceptors (Lipinski definition) is 6. The average Bonchev–Trinajstić information content (AvgIpc) is 3.35. The van der Waals surface area contributed by atoms with Gasteiger partial charge in [-0.05, 0) is 54.8 Å². The van der Waals surface area contributed by atoms with E-state index >= 15 is 0 Å². The molecule has 0 saturated heterocycles. The van der Waals surface area contributed by atoms with Crippen LogP contribution in [0.15, 0.2) is 72.8 Å². The van der Waals surface area contributed by atoms with Gasteiger partial charge < -0.3 is 15.2 Å². The number of benzene rings is 3. The lowest BCUT2D eigenvalue weighted by molar-refractivity contribution is -0.127. The molecule has 1 atom stereocenters. The predicted octanol–water partition coefficient (Wildman–Crippen LogP) is 4.37. The quantitative estimate of drug-likeness (QED) is 0.362. The molecule has 2 N–H and O–H groups in total. The van der Waals surface area contributed by atoms with E-state index in [2.05, 4.69) is 15.6 Å². The number of ether oxygens (including phenoxy) is 1. The van der Waals surface area contributed by atoms with Gasteiger partial charge in [0.2, 0.25) is 11.8 Å². The fraction of sp³-hybridized carbons (Fsp3) is 0.310. The van der Waals surface area contributed by atoms with E-state index in [9.17, 15) is 14.7 Å². The van der Waals surface area contributed by atoms with Crippen molar-refractivity contribution >= 4 is 28.5 Å². The number of aromatic nitrogens is 3. The lowest BCUT2D eigenvalue weighted by Crippen LogP contribution is -2.48. The topological polar surface area (TPSA) is 110 Å². The molecule has 3 aromatic carbocycles. The lowest BCUT2D eigenvalue weighted by atomic mass is 9.94. The molecule has 38 heavy (non-hydrogen) atoms. The highest BCUT2D eigenvalue weighted by Gasteiger charge is 2.35. The number of phenolic OH excluding ortho intramolecular Hbond substituents is 1. The lowest BCUT2D eigenvalue weighted by Gasteiger charge is -2.34. The van der Waals surface area contributed by atoms with E-state index in [-0.39, 0.29) is 30.2 Å². The van der Waals surface area contributed by atoms with Gasteiger partial charge in [-0.2, -0.15) is 0 Å². The molecular formula is C29H31N5O4. The van der Waals surface area contributed by atoms with Crippen LogP contribution in [0.3, 0.4) is 0 Å². The maximum absolute atomic E-state index is 14.2. The van der Waals surface area contributed by atoms with E-state index < -0.39 is 6.04 Å². The number of methoxy groups -OCH3 is 1. The number of carbonyl (C=O) groups excluding carboxylic acids is 2. The first-order valence-electron chi connectivity index (χ1n) is 12.9. The number of aromatic hydroxyl groups is 1. The Balaban J connectivity index is 1.58. The molecule has 5 rings (SSSR count). The smallest absolute Gasteiger partial charge is 0.249 e. The summed E-state index contributed by atoms with van der Waals surface area (Å²) in [5.41, 5.74) is 2.42. The van der Waals surface area contributed by atoms with Crippen molar-refractivity contribution in [1.82, 2.24) is 20.3 Å². The molecule has 0 unspecified atom stereocenters. The van der Waals surface area contributed by atoms with Gasteiger partial charge in [-0.15, -0.1) is 5.10 Å². The van der Waals surface area contributed by atoms with Crippen LogP contribution in [0, 0.1) is 0 Å². The molecule has 1 aliphatic rings. The van der Waals surface area contributed by atoms with Gasteiger partial charge in [0.1, 0.15) is 29.6 Å². The monoisotopic (exact) mass is 513 g/mol. The number of carbonyl (C=O) groups is 2. The van der Waals surface area contributed by atoms with Crippen molar-refractivity contribution in [2.75, 3.05) is 12.0 Å². The minimum atomic E-state index is -1.00. The minimum Gasteiger partial charge on any atom is -0.508 e. The molecule has 1 saturated carbocycles. The second kappa shape index (κ2) is 11.3. The van der Waals surface area contributed by atoms with Crippen molar-refractivity contribution in [3.8, 4) is 11.5 Å². The molecule has 4 aromatic rings. The zero-order valence-corrected chi connectivity index (χ0v) is 21.3. The highest BCUT2D eigenvalue weighted by atomic mass is 16.5. The molecule has 0 bridgehead atoms. The van der Waals surface area contributed by atoms with Crippen molar-refractivity contribution in [2.45, 2.75) is 50.7 Å².